The number of nitrogens with one attached hydrogen (secondary N) is 1. The van der Waals surface area contributed by atoms with E-state index in [1.807, 2.05) is 115 Å². The van der Waals surface area contributed by atoms with Crippen molar-refractivity contribution >= 4 is 44.4 Å². The Morgan fingerprint density at radius 2 is 0.915 bits per heavy atom. The lowest BCUT2D eigenvalue weighted by Gasteiger charge is -2.24. The van der Waals surface area contributed by atoms with Crippen LogP contribution in [0.4, 0.5) is 0 Å². The normalized spacial score (nSPS) is 13.9. The monoisotopic (exact) mass is 758 g/mol. The van der Waals surface area contributed by atoms with E-state index in [9.17, 15) is 0 Å². The fraction of sp³-hybridized carbons (Fsp3) is 0.0192. The van der Waals surface area contributed by atoms with Crippen LogP contribution in [0.15, 0.2) is 209 Å². The first kappa shape index (κ1) is 34.2. The second-order valence-corrected chi connectivity index (χ2v) is 14.4. The van der Waals surface area contributed by atoms with Crippen LogP contribution in [0.2, 0.25) is 0 Å². The molecule has 0 bridgehead atoms. The lowest BCUT2D eigenvalue weighted by Crippen LogP contribution is -2.33. The van der Waals surface area contributed by atoms with Crippen LogP contribution in [0.1, 0.15) is 22.9 Å². The average molecular weight is 759 g/mol. The maximum Gasteiger partial charge on any atom is 0.168 e. The summed E-state index contributed by atoms with van der Waals surface area (Å²) in [6.45, 7) is 0. The first-order chi connectivity index (χ1) is 29.2. The van der Waals surface area contributed by atoms with Crippen molar-refractivity contribution in [3.63, 3.8) is 0 Å². The first-order valence-corrected chi connectivity index (χ1v) is 19.6. The third-order valence-corrected chi connectivity index (χ3v) is 10.8. The lowest BCUT2D eigenvalue weighted by molar-refractivity contribution is 0.669. The molecule has 0 fully saturated rings. The van der Waals surface area contributed by atoms with Gasteiger partial charge in [0.2, 0.25) is 0 Å². The molecule has 11 rings (SSSR count). The lowest BCUT2D eigenvalue weighted by atomic mass is 9.90. The van der Waals surface area contributed by atoms with Crippen LogP contribution in [0, 0.1) is 0 Å². The minimum absolute atomic E-state index is 0.319. The largest absolute Gasteiger partial charge is 0.455 e. The number of para-hydroxylation sites is 1. The fourth-order valence-corrected chi connectivity index (χ4v) is 8.00. The van der Waals surface area contributed by atoms with Gasteiger partial charge in [-0.2, -0.15) is 0 Å². The summed E-state index contributed by atoms with van der Waals surface area (Å²) in [5.41, 5.74) is 9.02. The molecule has 59 heavy (non-hydrogen) atoms. The zero-order valence-corrected chi connectivity index (χ0v) is 31.7. The second-order valence-electron chi connectivity index (χ2n) is 14.4. The SMILES string of the molecule is c1ccc(C2=NC(c3ccc(-c4ccc5c(oc6ccccc65)c4-c4nc(-c5ccccc5)nc(-c5ccccc5)n4)c4ccccc34)=NC(c3ccccc3)N2)cc1. The molecule has 0 radical (unpaired) electrons. The quantitative estimate of drug-likeness (QED) is 0.175. The van der Waals surface area contributed by atoms with E-state index in [4.69, 9.17) is 29.4 Å². The molecule has 7 heteroatoms. The Kier molecular flexibility index (Phi) is 8.40. The molecule has 1 unspecified atom stereocenters. The molecule has 8 aromatic carbocycles. The number of nitrogens with zero attached hydrogens (tertiary/aromatic N) is 5. The third kappa shape index (κ3) is 6.22. The highest BCUT2D eigenvalue weighted by Gasteiger charge is 2.26. The Balaban J connectivity index is 1.16. The van der Waals surface area contributed by atoms with Crippen molar-refractivity contribution in [1.29, 1.82) is 0 Å². The van der Waals surface area contributed by atoms with Crippen molar-refractivity contribution in [3.05, 3.63) is 211 Å². The number of fused-ring (bicyclic) bond motifs is 4. The summed E-state index contributed by atoms with van der Waals surface area (Å²) in [7, 11) is 0. The third-order valence-electron chi connectivity index (χ3n) is 10.8. The van der Waals surface area contributed by atoms with Crippen molar-refractivity contribution in [2.45, 2.75) is 6.17 Å². The zero-order valence-electron chi connectivity index (χ0n) is 31.7. The Bertz CT molecular complexity index is 3180. The van der Waals surface area contributed by atoms with E-state index in [0.717, 1.165) is 77.5 Å². The summed E-state index contributed by atoms with van der Waals surface area (Å²) >= 11 is 0. The maximum atomic E-state index is 6.79. The Morgan fingerprint density at radius 1 is 0.407 bits per heavy atom. The summed E-state index contributed by atoms with van der Waals surface area (Å²) in [4.78, 5) is 25.9. The van der Waals surface area contributed by atoms with Gasteiger partial charge in [0.05, 0.1) is 5.56 Å². The van der Waals surface area contributed by atoms with Crippen LogP contribution in [-0.2, 0) is 0 Å². The highest BCUT2D eigenvalue weighted by molar-refractivity contribution is 6.20. The van der Waals surface area contributed by atoms with Gasteiger partial charge in [-0.3, -0.25) is 0 Å². The van der Waals surface area contributed by atoms with Crippen LogP contribution in [0.5, 0.6) is 0 Å². The molecule has 3 heterocycles. The Morgan fingerprint density at radius 3 is 1.58 bits per heavy atom. The van der Waals surface area contributed by atoms with Crippen LogP contribution >= 0.6 is 0 Å². The maximum absolute atomic E-state index is 6.79. The fourth-order valence-electron chi connectivity index (χ4n) is 8.00. The van der Waals surface area contributed by atoms with Gasteiger partial charge < -0.3 is 9.73 Å². The van der Waals surface area contributed by atoms with Crippen molar-refractivity contribution in [2.75, 3.05) is 0 Å². The molecular formula is C52H34N6O. The summed E-state index contributed by atoms with van der Waals surface area (Å²) in [5, 5.41) is 7.67. The van der Waals surface area contributed by atoms with Gasteiger partial charge in [0.15, 0.2) is 23.3 Å². The van der Waals surface area contributed by atoms with Crippen LogP contribution < -0.4 is 5.32 Å². The van der Waals surface area contributed by atoms with E-state index in [2.05, 4.69) is 84.2 Å². The molecule has 0 amide bonds. The summed E-state index contributed by atoms with van der Waals surface area (Å²) < 4.78 is 6.79. The number of amidine groups is 2. The van der Waals surface area contributed by atoms with Crippen LogP contribution in [0.25, 0.3) is 78.0 Å². The standard InChI is InChI=1S/C52H34N6O/c1-5-17-33(18-6-1)47-53-48(34-19-7-2-8-20-34)56-51(55-47)43-32-29-39(37-25-13-14-26-38(37)43)41-30-31-42-40-27-15-16-28-44(40)59-46(42)45(41)52-57-49(35-21-9-3-10-22-35)54-50(58-52)36-23-11-4-12-24-36/h1-32,47H,(H,53,55,56). The van der Waals surface area contributed by atoms with Gasteiger partial charge >= 0.3 is 0 Å². The van der Waals surface area contributed by atoms with E-state index in [0.29, 0.717) is 28.9 Å². The van der Waals surface area contributed by atoms with Crippen molar-refractivity contribution in [3.8, 4) is 45.3 Å². The summed E-state index contributed by atoms with van der Waals surface area (Å²) in [5.74, 6) is 3.12. The Labute approximate surface area is 340 Å². The molecule has 0 spiro atoms. The van der Waals surface area contributed by atoms with Gasteiger partial charge in [0, 0.05) is 33.0 Å². The van der Waals surface area contributed by atoms with Gasteiger partial charge in [-0.25, -0.2) is 24.9 Å². The molecule has 1 atom stereocenters. The van der Waals surface area contributed by atoms with Crippen LogP contribution in [0.3, 0.4) is 0 Å². The van der Waals surface area contributed by atoms with E-state index in [1.165, 1.54) is 0 Å². The van der Waals surface area contributed by atoms with Gasteiger partial charge in [0.25, 0.3) is 0 Å². The number of hydrogen-bond acceptors (Lipinski definition) is 7. The summed E-state index contributed by atoms with van der Waals surface area (Å²) in [6, 6.07) is 65.9. The number of aliphatic imine (C=N–C) groups is 2. The topological polar surface area (TPSA) is 88.6 Å². The number of furan rings is 1. The minimum Gasteiger partial charge on any atom is -0.455 e. The minimum atomic E-state index is -0.319. The van der Waals surface area contributed by atoms with E-state index >= 15 is 0 Å². The van der Waals surface area contributed by atoms with Crippen LogP contribution in [-0.4, -0.2) is 26.6 Å². The Hall–Kier alpha value is -8.03. The molecule has 0 aliphatic carbocycles. The molecule has 10 aromatic rings. The van der Waals surface area contributed by atoms with Crippen molar-refractivity contribution < 1.29 is 4.42 Å². The smallest absolute Gasteiger partial charge is 0.168 e. The predicted octanol–water partition coefficient (Wildman–Crippen LogP) is 12.1. The average Bonchev–Trinajstić information content (AvgIpc) is 3.70. The highest BCUT2D eigenvalue weighted by atomic mass is 16.3. The van der Waals surface area contributed by atoms with Crippen molar-refractivity contribution in [1.82, 2.24) is 20.3 Å². The number of benzene rings is 8. The first-order valence-electron chi connectivity index (χ1n) is 19.6. The molecule has 0 saturated heterocycles. The molecule has 7 nitrogen and oxygen atoms in total. The predicted molar refractivity (Wildman–Crippen MR) is 238 cm³/mol. The van der Waals surface area contributed by atoms with Gasteiger partial charge in [0.1, 0.15) is 23.2 Å². The van der Waals surface area contributed by atoms with E-state index < -0.39 is 0 Å². The molecule has 1 aliphatic rings. The molecule has 1 aliphatic heterocycles. The second kappa shape index (κ2) is 14.5. The molecule has 1 N–H and O–H groups in total. The molecule has 2 aromatic heterocycles. The number of hydrogen-bond donors (Lipinski definition) is 1. The molecular weight excluding hydrogens is 725 g/mol. The summed E-state index contributed by atoms with van der Waals surface area (Å²) in [6.07, 6.45) is -0.319. The van der Waals surface area contributed by atoms with Gasteiger partial charge in [-0.05, 0) is 45.7 Å². The number of rotatable bonds is 7. The molecule has 278 valence electrons. The van der Waals surface area contributed by atoms with Crippen molar-refractivity contribution in [2.24, 2.45) is 9.98 Å². The van der Waals surface area contributed by atoms with Gasteiger partial charge in [-0.1, -0.05) is 176 Å². The zero-order chi connectivity index (χ0) is 39.1. The van der Waals surface area contributed by atoms with E-state index in [-0.39, 0.29) is 6.17 Å². The molecule has 0 saturated carbocycles. The highest BCUT2D eigenvalue weighted by Crippen LogP contribution is 2.44. The van der Waals surface area contributed by atoms with E-state index in [1.54, 1.807) is 0 Å². The van der Waals surface area contributed by atoms with Gasteiger partial charge in [-0.15, -0.1) is 0 Å². The number of aromatic nitrogens is 3.